The van der Waals surface area contributed by atoms with Crippen LogP contribution in [0.3, 0.4) is 0 Å². The van der Waals surface area contributed by atoms with Gasteiger partial charge < -0.3 is 4.57 Å². The van der Waals surface area contributed by atoms with E-state index >= 15 is 0 Å². The van der Waals surface area contributed by atoms with E-state index in [0.29, 0.717) is 6.54 Å². The summed E-state index contributed by atoms with van der Waals surface area (Å²) in [5.41, 5.74) is 2.05. The molecular formula is C20H17FN4. The second-order valence-corrected chi connectivity index (χ2v) is 5.82. The van der Waals surface area contributed by atoms with Gasteiger partial charge in [0.1, 0.15) is 11.6 Å². The molecule has 25 heavy (non-hydrogen) atoms. The van der Waals surface area contributed by atoms with Gasteiger partial charge in [-0.25, -0.2) is 9.37 Å². The van der Waals surface area contributed by atoms with Crippen molar-refractivity contribution >= 4 is 0 Å². The SMILES string of the molecule is Fc1ccc(-c2nccn2C(Cn2cccn2)c2ccccc2)cc1. The number of imidazole rings is 1. The largest absolute Gasteiger partial charge is 0.322 e. The molecule has 4 rings (SSSR count). The number of rotatable bonds is 5. The molecule has 0 aliphatic heterocycles. The maximum atomic E-state index is 13.3. The molecule has 0 radical (unpaired) electrons. The number of hydrogen-bond donors (Lipinski definition) is 0. The summed E-state index contributed by atoms with van der Waals surface area (Å²) in [6.45, 7) is 0.682. The van der Waals surface area contributed by atoms with E-state index in [1.165, 1.54) is 17.7 Å². The van der Waals surface area contributed by atoms with Gasteiger partial charge in [-0.1, -0.05) is 30.3 Å². The number of nitrogens with zero attached hydrogens (tertiary/aromatic N) is 4. The van der Waals surface area contributed by atoms with Crippen LogP contribution in [0.5, 0.6) is 0 Å². The van der Waals surface area contributed by atoms with Crippen LogP contribution in [-0.4, -0.2) is 19.3 Å². The highest BCUT2D eigenvalue weighted by Gasteiger charge is 2.18. The molecule has 2 aromatic carbocycles. The van der Waals surface area contributed by atoms with Crippen molar-refractivity contribution in [1.82, 2.24) is 19.3 Å². The zero-order valence-corrected chi connectivity index (χ0v) is 13.5. The van der Waals surface area contributed by atoms with E-state index in [9.17, 15) is 4.39 Å². The van der Waals surface area contributed by atoms with Gasteiger partial charge in [0.2, 0.25) is 0 Å². The van der Waals surface area contributed by atoms with Crippen molar-refractivity contribution in [1.29, 1.82) is 0 Å². The molecule has 0 aliphatic carbocycles. The zero-order chi connectivity index (χ0) is 17.1. The Morgan fingerprint density at radius 2 is 1.68 bits per heavy atom. The molecule has 4 aromatic rings. The lowest BCUT2D eigenvalue weighted by Crippen LogP contribution is -2.18. The molecule has 0 saturated carbocycles. The van der Waals surface area contributed by atoms with Gasteiger partial charge in [0.05, 0.1) is 12.6 Å². The zero-order valence-electron chi connectivity index (χ0n) is 13.5. The van der Waals surface area contributed by atoms with Crippen LogP contribution in [-0.2, 0) is 6.54 Å². The maximum absolute atomic E-state index is 13.3. The number of benzene rings is 2. The van der Waals surface area contributed by atoms with Crippen LogP contribution in [0, 0.1) is 5.82 Å². The van der Waals surface area contributed by atoms with Crippen molar-refractivity contribution in [2.24, 2.45) is 0 Å². The highest BCUT2D eigenvalue weighted by Crippen LogP contribution is 2.27. The first-order valence-corrected chi connectivity index (χ1v) is 8.12. The predicted molar refractivity (Wildman–Crippen MR) is 94.4 cm³/mol. The van der Waals surface area contributed by atoms with E-state index < -0.39 is 0 Å². The molecule has 0 amide bonds. The minimum absolute atomic E-state index is 0.0312. The Bertz CT molecular complexity index is 928. The lowest BCUT2D eigenvalue weighted by molar-refractivity contribution is 0.466. The van der Waals surface area contributed by atoms with Crippen LogP contribution >= 0.6 is 0 Å². The van der Waals surface area contributed by atoms with Gasteiger partial charge in [-0.15, -0.1) is 0 Å². The van der Waals surface area contributed by atoms with Crippen LogP contribution in [0.1, 0.15) is 11.6 Å². The Hall–Kier alpha value is -3.21. The second-order valence-electron chi connectivity index (χ2n) is 5.82. The molecule has 4 nitrogen and oxygen atoms in total. The fourth-order valence-electron chi connectivity index (χ4n) is 3.00. The molecule has 2 heterocycles. The first-order chi connectivity index (χ1) is 12.3. The molecule has 2 aromatic heterocycles. The van der Waals surface area contributed by atoms with E-state index in [0.717, 1.165) is 11.4 Å². The van der Waals surface area contributed by atoms with Crippen LogP contribution in [0.25, 0.3) is 11.4 Å². The molecule has 0 bridgehead atoms. The second kappa shape index (κ2) is 6.73. The molecule has 5 heteroatoms. The minimum Gasteiger partial charge on any atom is -0.322 e. The summed E-state index contributed by atoms with van der Waals surface area (Å²) < 4.78 is 17.3. The topological polar surface area (TPSA) is 35.6 Å². The maximum Gasteiger partial charge on any atom is 0.140 e. The van der Waals surface area contributed by atoms with Crippen LogP contribution in [0.4, 0.5) is 4.39 Å². The first-order valence-electron chi connectivity index (χ1n) is 8.12. The summed E-state index contributed by atoms with van der Waals surface area (Å²) in [6.07, 6.45) is 7.46. The average molecular weight is 332 g/mol. The van der Waals surface area contributed by atoms with Crippen molar-refractivity contribution in [3.63, 3.8) is 0 Å². The summed E-state index contributed by atoms with van der Waals surface area (Å²) >= 11 is 0. The number of hydrogen-bond acceptors (Lipinski definition) is 2. The Morgan fingerprint density at radius 1 is 0.880 bits per heavy atom. The van der Waals surface area contributed by atoms with Crippen molar-refractivity contribution in [3.05, 3.63) is 96.8 Å². The molecular weight excluding hydrogens is 315 g/mol. The quantitative estimate of drug-likeness (QED) is 0.550. The normalized spacial score (nSPS) is 12.2. The summed E-state index contributed by atoms with van der Waals surface area (Å²) in [5, 5.41) is 4.34. The molecule has 1 atom stereocenters. The predicted octanol–water partition coefficient (Wildman–Crippen LogP) is 4.18. The van der Waals surface area contributed by atoms with Crippen LogP contribution in [0.2, 0.25) is 0 Å². The van der Waals surface area contributed by atoms with Gasteiger partial charge in [-0.05, 0) is 35.9 Å². The molecule has 0 spiro atoms. The number of halogens is 1. The molecule has 1 unspecified atom stereocenters. The minimum atomic E-state index is -0.252. The lowest BCUT2D eigenvalue weighted by Gasteiger charge is -2.21. The van der Waals surface area contributed by atoms with Crippen LogP contribution < -0.4 is 0 Å². The molecule has 0 saturated heterocycles. The van der Waals surface area contributed by atoms with E-state index in [1.54, 1.807) is 24.5 Å². The fraction of sp³-hybridized carbons (Fsp3) is 0.100. The van der Waals surface area contributed by atoms with E-state index in [-0.39, 0.29) is 11.9 Å². The van der Waals surface area contributed by atoms with Gasteiger partial charge in [-0.3, -0.25) is 4.68 Å². The molecule has 124 valence electrons. The Kier molecular flexibility index (Phi) is 4.12. The van der Waals surface area contributed by atoms with Crippen molar-refractivity contribution in [2.45, 2.75) is 12.6 Å². The van der Waals surface area contributed by atoms with E-state index in [2.05, 4.69) is 26.8 Å². The Balaban J connectivity index is 1.78. The summed E-state index contributed by atoms with van der Waals surface area (Å²) in [4.78, 5) is 4.50. The molecule has 0 N–H and O–H groups in total. The highest BCUT2D eigenvalue weighted by atomic mass is 19.1. The summed E-state index contributed by atoms with van der Waals surface area (Å²) in [5.74, 6) is 0.555. The number of aromatic nitrogens is 4. The van der Waals surface area contributed by atoms with Crippen molar-refractivity contribution < 1.29 is 4.39 Å². The van der Waals surface area contributed by atoms with Gasteiger partial charge in [-0.2, -0.15) is 5.10 Å². The van der Waals surface area contributed by atoms with Gasteiger partial charge >= 0.3 is 0 Å². The third-order valence-electron chi connectivity index (χ3n) is 4.21. The smallest absolute Gasteiger partial charge is 0.140 e. The standard InChI is InChI=1S/C20H17FN4/c21-18-9-7-17(8-10-18)20-22-12-14-25(20)19(15-24-13-4-11-23-24)16-5-2-1-3-6-16/h1-14,19H,15H2. The van der Waals surface area contributed by atoms with E-state index in [4.69, 9.17) is 0 Å². The Morgan fingerprint density at radius 3 is 2.40 bits per heavy atom. The van der Waals surface area contributed by atoms with Crippen LogP contribution in [0.15, 0.2) is 85.5 Å². The third kappa shape index (κ3) is 3.21. The summed E-state index contributed by atoms with van der Waals surface area (Å²) in [6, 6.07) is 18.6. The summed E-state index contributed by atoms with van der Waals surface area (Å²) in [7, 11) is 0. The highest BCUT2D eigenvalue weighted by molar-refractivity contribution is 5.55. The molecule has 0 fully saturated rings. The molecule has 0 aliphatic rings. The van der Waals surface area contributed by atoms with Gasteiger partial charge in [0.25, 0.3) is 0 Å². The third-order valence-corrected chi connectivity index (χ3v) is 4.21. The van der Waals surface area contributed by atoms with E-state index in [1.807, 2.05) is 41.3 Å². The fourth-order valence-corrected chi connectivity index (χ4v) is 3.00. The average Bonchev–Trinajstić information content (AvgIpc) is 3.33. The monoisotopic (exact) mass is 332 g/mol. The van der Waals surface area contributed by atoms with Crippen molar-refractivity contribution in [3.8, 4) is 11.4 Å². The first kappa shape index (κ1) is 15.3. The van der Waals surface area contributed by atoms with Gasteiger partial charge in [0.15, 0.2) is 0 Å². The Labute approximate surface area is 145 Å². The van der Waals surface area contributed by atoms with Crippen molar-refractivity contribution in [2.75, 3.05) is 0 Å². The lowest BCUT2D eigenvalue weighted by atomic mass is 10.1. The van der Waals surface area contributed by atoms with Gasteiger partial charge in [0, 0.05) is 30.4 Å².